The van der Waals surface area contributed by atoms with Gasteiger partial charge in [-0.1, -0.05) is 77.5 Å². The van der Waals surface area contributed by atoms with E-state index in [-0.39, 0.29) is 59.8 Å². The first-order valence-corrected chi connectivity index (χ1v) is 18.4. The Morgan fingerprint density at radius 1 is 1.00 bits per heavy atom. The Morgan fingerprint density at radius 2 is 1.69 bits per heavy atom. The van der Waals surface area contributed by atoms with Gasteiger partial charge in [-0.05, 0) is 50.0 Å². The largest absolute Gasteiger partial charge is 0.379 e. The van der Waals surface area contributed by atoms with E-state index in [0.29, 0.717) is 19.6 Å². The van der Waals surface area contributed by atoms with Crippen LogP contribution in [-0.4, -0.2) is 111 Å². The molecule has 2 saturated heterocycles. The molecule has 8 atom stereocenters. The van der Waals surface area contributed by atoms with Gasteiger partial charge in [0.15, 0.2) is 0 Å². The molecular formula is C38H63N5O6. The van der Waals surface area contributed by atoms with Crippen molar-refractivity contribution in [1.82, 2.24) is 25.8 Å². The second kappa shape index (κ2) is 20.0. The van der Waals surface area contributed by atoms with Gasteiger partial charge in [-0.2, -0.15) is 0 Å². The third kappa shape index (κ3) is 11.0. The molecule has 3 aliphatic rings. The van der Waals surface area contributed by atoms with Crippen molar-refractivity contribution in [3.8, 4) is 0 Å². The molecule has 11 nitrogen and oxygen atoms in total. The second-order valence-corrected chi connectivity index (χ2v) is 14.4. The van der Waals surface area contributed by atoms with E-state index in [4.69, 9.17) is 9.47 Å². The summed E-state index contributed by atoms with van der Waals surface area (Å²) in [4.78, 5) is 57.9. The summed E-state index contributed by atoms with van der Waals surface area (Å²) in [6, 6.07) is -1.33. The molecule has 0 spiro atoms. The van der Waals surface area contributed by atoms with Crippen molar-refractivity contribution < 1.29 is 28.7 Å². The molecule has 1 aliphatic carbocycles. The molecule has 0 bridgehead atoms. The predicted octanol–water partition coefficient (Wildman–Crippen LogP) is 3.46. The average molecular weight is 686 g/mol. The van der Waals surface area contributed by atoms with Gasteiger partial charge in [-0.15, -0.1) is 0 Å². The first kappa shape index (κ1) is 40.4. The van der Waals surface area contributed by atoms with Gasteiger partial charge in [0.2, 0.25) is 23.6 Å². The number of hydrogen-bond acceptors (Lipinski definition) is 7. The number of allylic oxidation sites excluding steroid dienone is 6. The minimum absolute atomic E-state index is 0.0271. The fourth-order valence-corrected chi connectivity index (χ4v) is 7.51. The zero-order chi connectivity index (χ0) is 36.1. The molecule has 49 heavy (non-hydrogen) atoms. The maximum absolute atomic E-state index is 14.1. The van der Waals surface area contributed by atoms with E-state index in [2.05, 4.69) is 41.9 Å². The van der Waals surface area contributed by atoms with Crippen LogP contribution in [0, 0.1) is 29.6 Å². The number of carbonyl (C=O) groups excluding carboxylic acids is 4. The molecule has 2 heterocycles. The highest BCUT2D eigenvalue weighted by Crippen LogP contribution is 2.29. The highest BCUT2D eigenvalue weighted by molar-refractivity contribution is 5.89. The molecule has 0 saturated carbocycles. The van der Waals surface area contributed by atoms with Gasteiger partial charge in [-0.3, -0.25) is 19.2 Å². The standard InChI is InChI=1S/C38H63N5O6/c1-9-26(4)34(42(6)38(47)33(25(2)3)41-37(46)29-19-20-39-24-29)31(48-7)23-32(44)43-22-14-17-30(43)35(49-8)27(5)36(45)40-21-18-28-15-12-10-11-13-16-28/h10-13,15-16,25-31,33-35,39H,9,14,17-24H2,1-8H3,(H,40,45)(H,41,46)/t26-,27+,29?,30-,31+,33-,34-,35?/m0/s1. The van der Waals surface area contributed by atoms with Gasteiger partial charge >= 0.3 is 0 Å². The SMILES string of the molecule is CC[C@H](C)[C@@H]([C@@H](CC(=O)N1CCC[C@H]1C(OC)[C@@H](C)C(=O)NCCC1C=CC=CC=C1)OC)N(C)C(=O)[C@@H](NC(=O)C1CCNC1)C(C)C. The van der Waals surface area contributed by atoms with Crippen LogP contribution in [0.15, 0.2) is 36.5 Å². The summed E-state index contributed by atoms with van der Waals surface area (Å²) in [7, 11) is 4.95. The zero-order valence-electron chi connectivity index (χ0n) is 31.2. The summed E-state index contributed by atoms with van der Waals surface area (Å²) in [5.74, 6) is -0.893. The number of hydrogen-bond donors (Lipinski definition) is 3. The number of likely N-dealkylation sites (N-methyl/N-ethyl adjacent to an activating group) is 1. The summed E-state index contributed by atoms with van der Waals surface area (Å²) in [6.45, 7) is 12.4. The highest BCUT2D eigenvalue weighted by atomic mass is 16.5. The number of ether oxygens (including phenoxy) is 2. The Kier molecular flexibility index (Phi) is 16.5. The van der Waals surface area contributed by atoms with E-state index < -0.39 is 30.2 Å². The lowest BCUT2D eigenvalue weighted by atomic mass is 9.89. The minimum Gasteiger partial charge on any atom is -0.379 e. The fraction of sp³-hybridized carbons (Fsp3) is 0.737. The molecule has 3 rings (SSSR count). The van der Waals surface area contributed by atoms with Crippen molar-refractivity contribution in [2.45, 2.75) is 103 Å². The van der Waals surface area contributed by atoms with Crippen molar-refractivity contribution in [3.05, 3.63) is 36.5 Å². The van der Waals surface area contributed by atoms with Crippen LogP contribution in [0.5, 0.6) is 0 Å². The van der Waals surface area contributed by atoms with E-state index in [1.54, 1.807) is 26.2 Å². The molecule has 0 aromatic heterocycles. The summed E-state index contributed by atoms with van der Waals surface area (Å²) in [5, 5.41) is 9.32. The lowest BCUT2D eigenvalue weighted by molar-refractivity contribution is -0.147. The minimum atomic E-state index is -0.687. The van der Waals surface area contributed by atoms with Crippen LogP contribution in [0.1, 0.15) is 73.1 Å². The third-order valence-electron chi connectivity index (χ3n) is 10.7. The van der Waals surface area contributed by atoms with E-state index in [9.17, 15) is 19.2 Å². The smallest absolute Gasteiger partial charge is 0.245 e. The molecule has 2 aliphatic heterocycles. The van der Waals surface area contributed by atoms with Crippen molar-refractivity contribution >= 4 is 23.6 Å². The van der Waals surface area contributed by atoms with Crippen LogP contribution in [0.25, 0.3) is 0 Å². The number of methoxy groups -OCH3 is 2. The van der Waals surface area contributed by atoms with Gasteiger partial charge in [0.05, 0.1) is 42.5 Å². The molecule has 276 valence electrons. The van der Waals surface area contributed by atoms with Gasteiger partial charge in [-0.25, -0.2) is 0 Å². The van der Waals surface area contributed by atoms with Gasteiger partial charge in [0, 0.05) is 40.9 Å². The Morgan fingerprint density at radius 3 is 2.27 bits per heavy atom. The van der Waals surface area contributed by atoms with Gasteiger partial charge < -0.3 is 35.2 Å². The zero-order valence-corrected chi connectivity index (χ0v) is 31.2. The molecule has 2 fully saturated rings. The summed E-state index contributed by atoms with van der Waals surface area (Å²) >= 11 is 0. The average Bonchev–Trinajstić information content (AvgIpc) is 3.75. The first-order chi connectivity index (χ1) is 23.4. The normalized spacial score (nSPS) is 23.1. The topological polar surface area (TPSA) is 129 Å². The molecule has 0 radical (unpaired) electrons. The lowest BCUT2D eigenvalue weighted by Gasteiger charge is -2.41. The van der Waals surface area contributed by atoms with Crippen molar-refractivity contribution in [3.63, 3.8) is 0 Å². The maximum Gasteiger partial charge on any atom is 0.245 e. The molecule has 2 unspecified atom stereocenters. The van der Waals surface area contributed by atoms with Crippen LogP contribution < -0.4 is 16.0 Å². The third-order valence-corrected chi connectivity index (χ3v) is 10.7. The van der Waals surface area contributed by atoms with Crippen molar-refractivity contribution in [2.24, 2.45) is 29.6 Å². The monoisotopic (exact) mass is 685 g/mol. The van der Waals surface area contributed by atoms with Crippen LogP contribution in [-0.2, 0) is 28.7 Å². The predicted molar refractivity (Wildman–Crippen MR) is 192 cm³/mol. The summed E-state index contributed by atoms with van der Waals surface area (Å²) in [5.41, 5.74) is 0. The Labute approximate surface area is 294 Å². The molecule has 0 aromatic rings. The van der Waals surface area contributed by atoms with Gasteiger partial charge in [0.25, 0.3) is 0 Å². The van der Waals surface area contributed by atoms with Crippen molar-refractivity contribution in [2.75, 3.05) is 47.4 Å². The van der Waals surface area contributed by atoms with E-state index in [0.717, 1.165) is 38.6 Å². The number of likely N-dealkylation sites (tertiary alicyclic amines) is 1. The van der Waals surface area contributed by atoms with E-state index >= 15 is 0 Å². The number of carbonyl (C=O) groups is 4. The number of amides is 4. The molecule has 11 heteroatoms. The van der Waals surface area contributed by atoms with E-state index in [1.807, 2.05) is 50.0 Å². The second-order valence-electron chi connectivity index (χ2n) is 14.4. The van der Waals surface area contributed by atoms with Crippen LogP contribution in [0.2, 0.25) is 0 Å². The summed E-state index contributed by atoms with van der Waals surface area (Å²) < 4.78 is 11.9. The number of nitrogens with zero attached hydrogens (tertiary/aromatic N) is 2. The van der Waals surface area contributed by atoms with E-state index in [1.165, 1.54) is 0 Å². The number of rotatable bonds is 18. The lowest BCUT2D eigenvalue weighted by Crippen LogP contribution is -2.58. The van der Waals surface area contributed by atoms with Crippen molar-refractivity contribution in [1.29, 1.82) is 0 Å². The molecule has 3 N–H and O–H groups in total. The highest BCUT2D eigenvalue weighted by Gasteiger charge is 2.43. The quantitative estimate of drug-likeness (QED) is 0.202. The Hall–Kier alpha value is -3.02. The van der Waals surface area contributed by atoms with Gasteiger partial charge in [0.1, 0.15) is 6.04 Å². The maximum atomic E-state index is 14.1. The Balaban J connectivity index is 1.68. The molecule has 4 amide bonds. The Bertz CT molecular complexity index is 1170. The molecule has 0 aromatic carbocycles. The summed E-state index contributed by atoms with van der Waals surface area (Å²) in [6.07, 6.45) is 15.2. The molecular weight excluding hydrogens is 622 g/mol. The van der Waals surface area contributed by atoms with Crippen LogP contribution in [0.4, 0.5) is 0 Å². The van der Waals surface area contributed by atoms with Crippen LogP contribution in [0.3, 0.4) is 0 Å². The number of nitrogens with one attached hydrogen (secondary N) is 3. The fourth-order valence-electron chi connectivity index (χ4n) is 7.51. The van der Waals surface area contributed by atoms with Crippen LogP contribution >= 0.6 is 0 Å². The first-order valence-electron chi connectivity index (χ1n) is 18.4.